The molecule has 3 N–H and O–H groups in total. The minimum atomic E-state index is -0.167. The molecule has 1 aliphatic rings. The fraction of sp³-hybridized carbons (Fsp3) is 0.533. The lowest BCUT2D eigenvalue weighted by Gasteiger charge is -2.28. The molecule has 1 saturated carbocycles. The smallest absolute Gasteiger partial charge is 0.250 e. The van der Waals surface area contributed by atoms with Crippen LogP contribution in [0.15, 0.2) is 22.7 Å². The minimum Gasteiger partial charge on any atom is -0.399 e. The van der Waals surface area contributed by atoms with Gasteiger partial charge in [0.1, 0.15) is 6.61 Å². The molecule has 1 aromatic carbocycles. The molecule has 2 rings (SSSR count). The van der Waals surface area contributed by atoms with Crippen LogP contribution in [-0.2, 0) is 14.3 Å². The maximum Gasteiger partial charge on any atom is 0.250 e. The van der Waals surface area contributed by atoms with E-state index in [-0.39, 0.29) is 24.7 Å². The SMILES string of the molecule is COC1CCCC(OCC(=O)Nc2ccc(N)cc2Br)C1. The standard InChI is InChI=1S/C15H21BrN2O3/c1-20-11-3-2-4-12(8-11)21-9-15(19)18-14-6-5-10(17)7-13(14)16/h5-7,11-12H,2-4,8-9,17H2,1H3,(H,18,19). The molecule has 0 aromatic heterocycles. The summed E-state index contributed by atoms with van der Waals surface area (Å²) in [6, 6.07) is 5.26. The zero-order valence-corrected chi connectivity index (χ0v) is 13.7. The van der Waals surface area contributed by atoms with Gasteiger partial charge in [0.2, 0.25) is 5.91 Å². The first kappa shape index (κ1) is 16.3. The number of ether oxygens (including phenoxy) is 2. The topological polar surface area (TPSA) is 73.6 Å². The molecule has 0 spiro atoms. The van der Waals surface area contributed by atoms with Crippen LogP contribution in [0.1, 0.15) is 25.7 Å². The highest BCUT2D eigenvalue weighted by Crippen LogP contribution is 2.25. The Bertz CT molecular complexity index is 496. The summed E-state index contributed by atoms with van der Waals surface area (Å²) in [5, 5.41) is 2.80. The van der Waals surface area contributed by atoms with Gasteiger partial charge in [0, 0.05) is 17.3 Å². The van der Waals surface area contributed by atoms with Gasteiger partial charge in [-0.25, -0.2) is 0 Å². The van der Waals surface area contributed by atoms with Crippen LogP contribution in [0.5, 0.6) is 0 Å². The summed E-state index contributed by atoms with van der Waals surface area (Å²) in [7, 11) is 1.72. The highest BCUT2D eigenvalue weighted by Gasteiger charge is 2.22. The highest BCUT2D eigenvalue weighted by molar-refractivity contribution is 9.10. The molecule has 0 bridgehead atoms. The largest absolute Gasteiger partial charge is 0.399 e. The van der Waals surface area contributed by atoms with Crippen molar-refractivity contribution in [3.8, 4) is 0 Å². The maximum absolute atomic E-state index is 11.9. The van der Waals surface area contributed by atoms with E-state index in [2.05, 4.69) is 21.2 Å². The molecule has 2 atom stereocenters. The van der Waals surface area contributed by atoms with Crippen LogP contribution in [0, 0.1) is 0 Å². The molecular formula is C15H21BrN2O3. The molecule has 6 heteroatoms. The normalized spacial score (nSPS) is 22.0. The summed E-state index contributed by atoms with van der Waals surface area (Å²) < 4.78 is 11.8. The first-order chi connectivity index (χ1) is 10.1. The monoisotopic (exact) mass is 356 g/mol. The number of carbonyl (C=O) groups is 1. The van der Waals surface area contributed by atoms with Crippen LogP contribution >= 0.6 is 15.9 Å². The predicted molar refractivity (Wildman–Crippen MR) is 86.2 cm³/mol. The van der Waals surface area contributed by atoms with Gasteiger partial charge in [-0.05, 0) is 59.8 Å². The average molecular weight is 357 g/mol. The molecule has 116 valence electrons. The predicted octanol–water partition coefficient (Wildman–Crippen LogP) is 2.94. The fourth-order valence-electron chi connectivity index (χ4n) is 2.48. The number of rotatable bonds is 5. The molecule has 5 nitrogen and oxygen atoms in total. The maximum atomic E-state index is 11.9. The summed E-state index contributed by atoms with van der Waals surface area (Å²) in [6.45, 7) is 0.0535. The van der Waals surface area contributed by atoms with Gasteiger partial charge < -0.3 is 20.5 Å². The number of nitrogens with one attached hydrogen (secondary N) is 1. The number of nitrogens with two attached hydrogens (primary N) is 1. The second-order valence-electron chi connectivity index (χ2n) is 5.24. The first-order valence-corrected chi connectivity index (χ1v) is 7.87. The molecule has 0 saturated heterocycles. The van der Waals surface area contributed by atoms with Crippen LogP contribution in [0.2, 0.25) is 0 Å². The summed E-state index contributed by atoms with van der Waals surface area (Å²) >= 11 is 3.37. The van der Waals surface area contributed by atoms with Crippen LogP contribution < -0.4 is 11.1 Å². The summed E-state index contributed by atoms with van der Waals surface area (Å²) in [5.74, 6) is -0.167. The Morgan fingerprint density at radius 2 is 2.19 bits per heavy atom. The third kappa shape index (κ3) is 4.98. The highest BCUT2D eigenvalue weighted by atomic mass is 79.9. The second kappa shape index (κ2) is 7.77. The van der Waals surface area contributed by atoms with E-state index >= 15 is 0 Å². The van der Waals surface area contributed by atoms with Gasteiger partial charge in [-0.3, -0.25) is 4.79 Å². The molecule has 2 unspecified atom stereocenters. The van der Waals surface area contributed by atoms with Gasteiger partial charge in [0.25, 0.3) is 0 Å². The molecule has 0 radical (unpaired) electrons. The lowest BCUT2D eigenvalue weighted by Crippen LogP contribution is -2.30. The van der Waals surface area contributed by atoms with Crippen LogP contribution in [0.3, 0.4) is 0 Å². The lowest BCUT2D eigenvalue weighted by molar-refractivity contribution is -0.124. The van der Waals surface area contributed by atoms with E-state index in [9.17, 15) is 4.79 Å². The van der Waals surface area contributed by atoms with E-state index in [0.29, 0.717) is 11.4 Å². The summed E-state index contributed by atoms with van der Waals surface area (Å²) in [4.78, 5) is 11.9. The van der Waals surface area contributed by atoms with Crippen molar-refractivity contribution in [1.82, 2.24) is 0 Å². The summed E-state index contributed by atoms with van der Waals surface area (Å²) in [5.41, 5.74) is 6.99. The van der Waals surface area contributed by atoms with E-state index < -0.39 is 0 Å². The number of hydrogen-bond donors (Lipinski definition) is 2. The molecule has 0 aliphatic heterocycles. The molecule has 0 heterocycles. The molecule has 1 fully saturated rings. The zero-order chi connectivity index (χ0) is 15.2. The van der Waals surface area contributed by atoms with Crippen molar-refractivity contribution < 1.29 is 14.3 Å². The molecular weight excluding hydrogens is 336 g/mol. The van der Waals surface area contributed by atoms with Gasteiger partial charge >= 0.3 is 0 Å². The minimum absolute atomic E-state index is 0.0535. The number of nitrogen functional groups attached to an aromatic ring is 1. The van der Waals surface area contributed by atoms with Gasteiger partial charge in [0.05, 0.1) is 17.9 Å². The third-order valence-corrected chi connectivity index (χ3v) is 4.28. The molecule has 1 amide bonds. The summed E-state index contributed by atoms with van der Waals surface area (Å²) in [6.07, 6.45) is 4.34. The van der Waals surface area contributed by atoms with E-state index in [1.54, 1.807) is 25.3 Å². The molecule has 1 aromatic rings. The number of halogens is 1. The van der Waals surface area contributed by atoms with Crippen molar-refractivity contribution in [3.05, 3.63) is 22.7 Å². The number of benzene rings is 1. The number of methoxy groups -OCH3 is 1. The van der Waals surface area contributed by atoms with E-state index in [0.717, 1.165) is 30.2 Å². The van der Waals surface area contributed by atoms with Crippen molar-refractivity contribution in [1.29, 1.82) is 0 Å². The Balaban J connectivity index is 1.79. The van der Waals surface area contributed by atoms with Crippen LogP contribution in [0.4, 0.5) is 11.4 Å². The number of hydrogen-bond acceptors (Lipinski definition) is 4. The van der Waals surface area contributed by atoms with Gasteiger partial charge in [-0.2, -0.15) is 0 Å². The lowest BCUT2D eigenvalue weighted by atomic mass is 9.95. The number of anilines is 2. The quantitative estimate of drug-likeness (QED) is 0.795. The van der Waals surface area contributed by atoms with Gasteiger partial charge in [-0.15, -0.1) is 0 Å². The number of amides is 1. The van der Waals surface area contributed by atoms with E-state index in [1.807, 2.05) is 0 Å². The van der Waals surface area contributed by atoms with Crippen molar-refractivity contribution in [2.75, 3.05) is 24.8 Å². The molecule has 1 aliphatic carbocycles. The first-order valence-electron chi connectivity index (χ1n) is 7.07. The van der Waals surface area contributed by atoms with Gasteiger partial charge in [0.15, 0.2) is 0 Å². The van der Waals surface area contributed by atoms with Crippen molar-refractivity contribution in [2.24, 2.45) is 0 Å². The Kier molecular flexibility index (Phi) is 6.02. The van der Waals surface area contributed by atoms with Crippen LogP contribution in [-0.4, -0.2) is 31.8 Å². The van der Waals surface area contributed by atoms with E-state index in [4.69, 9.17) is 15.2 Å². The Hall–Kier alpha value is -1.11. The van der Waals surface area contributed by atoms with Crippen molar-refractivity contribution in [2.45, 2.75) is 37.9 Å². The Labute approximate surface area is 133 Å². The Morgan fingerprint density at radius 1 is 1.43 bits per heavy atom. The van der Waals surface area contributed by atoms with Crippen molar-refractivity contribution in [3.63, 3.8) is 0 Å². The molecule has 21 heavy (non-hydrogen) atoms. The average Bonchev–Trinajstić information content (AvgIpc) is 2.48. The second-order valence-corrected chi connectivity index (χ2v) is 6.10. The van der Waals surface area contributed by atoms with Gasteiger partial charge in [-0.1, -0.05) is 0 Å². The zero-order valence-electron chi connectivity index (χ0n) is 12.1. The van der Waals surface area contributed by atoms with Crippen molar-refractivity contribution >= 4 is 33.2 Å². The van der Waals surface area contributed by atoms with Crippen LogP contribution in [0.25, 0.3) is 0 Å². The Morgan fingerprint density at radius 3 is 2.90 bits per heavy atom. The fourth-order valence-corrected chi connectivity index (χ4v) is 2.98. The van der Waals surface area contributed by atoms with E-state index in [1.165, 1.54) is 0 Å². The number of carbonyl (C=O) groups excluding carboxylic acids is 1. The third-order valence-electron chi connectivity index (χ3n) is 3.63.